The summed E-state index contributed by atoms with van der Waals surface area (Å²) >= 11 is 8.33. The Labute approximate surface area is 124 Å². The molecule has 2 heteroatoms. The van der Waals surface area contributed by atoms with Crippen molar-refractivity contribution in [2.24, 2.45) is 5.92 Å². The van der Waals surface area contributed by atoms with Crippen molar-refractivity contribution in [1.82, 2.24) is 0 Å². The summed E-state index contributed by atoms with van der Waals surface area (Å²) in [5.74, 6) is 0.815. The molecule has 0 amide bonds. The number of alkyl halides is 2. The van der Waals surface area contributed by atoms with Crippen molar-refractivity contribution in [3.63, 3.8) is 0 Å². The van der Waals surface area contributed by atoms with Crippen molar-refractivity contribution < 1.29 is 0 Å². The second kappa shape index (κ2) is 5.94. The van der Waals surface area contributed by atoms with Crippen molar-refractivity contribution in [2.75, 3.05) is 0 Å². The summed E-state index contributed by atoms with van der Waals surface area (Å²) in [5.41, 5.74) is 0. The van der Waals surface area contributed by atoms with Crippen molar-refractivity contribution in [3.8, 4) is 0 Å². The first kappa shape index (κ1) is 14.4. The normalized spacial score (nSPS) is 28.2. The number of halogens is 2. The Morgan fingerprint density at radius 1 is 0.765 bits per heavy atom. The molecule has 0 aliphatic heterocycles. The second-order valence-corrected chi connectivity index (χ2v) is 9.31. The van der Waals surface area contributed by atoms with E-state index in [1.165, 1.54) is 70.6 Å². The topological polar surface area (TPSA) is 0 Å². The maximum absolute atomic E-state index is 4.16. The molecule has 17 heavy (non-hydrogen) atoms. The molecule has 0 aromatic carbocycles. The summed E-state index contributed by atoms with van der Waals surface area (Å²) in [6.07, 6.45) is 15.4. The van der Waals surface area contributed by atoms with Gasteiger partial charge in [0.05, 0.1) is 0 Å². The molecule has 0 saturated heterocycles. The highest BCUT2D eigenvalue weighted by Crippen LogP contribution is 2.54. The molecule has 0 aromatic rings. The van der Waals surface area contributed by atoms with Crippen LogP contribution in [-0.2, 0) is 0 Å². The number of hydrogen-bond donors (Lipinski definition) is 0. The van der Waals surface area contributed by atoms with Gasteiger partial charge in [0.1, 0.15) is 0 Å². The minimum atomic E-state index is 0.431. The van der Waals surface area contributed by atoms with E-state index in [-0.39, 0.29) is 0 Å². The minimum absolute atomic E-state index is 0.431. The molecular formula is C15H26Br2. The lowest BCUT2D eigenvalue weighted by molar-refractivity contribution is 0.199. The zero-order valence-corrected chi connectivity index (χ0v) is 14.3. The van der Waals surface area contributed by atoms with Crippen LogP contribution in [0.3, 0.4) is 0 Å². The summed E-state index contributed by atoms with van der Waals surface area (Å²) in [6, 6.07) is 0. The largest absolute Gasteiger partial charge is 0.0850 e. The van der Waals surface area contributed by atoms with E-state index in [0.29, 0.717) is 8.65 Å². The third-order valence-corrected chi connectivity index (χ3v) is 7.72. The molecule has 100 valence electrons. The smallest absolute Gasteiger partial charge is 0.0299 e. The number of rotatable bonds is 3. The molecule has 0 heterocycles. The van der Waals surface area contributed by atoms with E-state index in [1.807, 2.05) is 0 Å². The molecular weight excluding hydrogens is 340 g/mol. The summed E-state index contributed by atoms with van der Waals surface area (Å²) < 4.78 is 0.863. The van der Waals surface area contributed by atoms with Crippen molar-refractivity contribution in [3.05, 3.63) is 0 Å². The van der Waals surface area contributed by atoms with Gasteiger partial charge < -0.3 is 0 Å². The number of hydrogen-bond acceptors (Lipinski definition) is 0. The van der Waals surface area contributed by atoms with Crippen LogP contribution in [0.4, 0.5) is 0 Å². The van der Waals surface area contributed by atoms with E-state index >= 15 is 0 Å². The third kappa shape index (κ3) is 3.11. The molecule has 2 aliphatic carbocycles. The van der Waals surface area contributed by atoms with Crippen LogP contribution >= 0.6 is 31.9 Å². The predicted octanol–water partition coefficient (Wildman–Crippen LogP) is 6.21. The summed E-state index contributed by atoms with van der Waals surface area (Å²) in [4.78, 5) is 0. The first-order chi connectivity index (χ1) is 8.11. The molecule has 0 atom stereocenters. The van der Waals surface area contributed by atoms with Gasteiger partial charge in [-0.25, -0.2) is 0 Å². The fraction of sp³-hybridized carbons (Fsp3) is 1.00. The molecule has 2 rings (SSSR count). The zero-order valence-electron chi connectivity index (χ0n) is 11.1. The Morgan fingerprint density at radius 2 is 1.12 bits per heavy atom. The van der Waals surface area contributed by atoms with E-state index in [1.54, 1.807) is 0 Å². The van der Waals surface area contributed by atoms with Crippen LogP contribution < -0.4 is 0 Å². The van der Waals surface area contributed by atoms with Gasteiger partial charge in [0.2, 0.25) is 0 Å². The highest BCUT2D eigenvalue weighted by Gasteiger charge is 2.47. The van der Waals surface area contributed by atoms with Crippen LogP contribution in [0.5, 0.6) is 0 Å². The monoisotopic (exact) mass is 364 g/mol. The van der Waals surface area contributed by atoms with Gasteiger partial charge in [-0.1, -0.05) is 83.7 Å². The van der Waals surface area contributed by atoms with Crippen LogP contribution in [0.1, 0.15) is 77.6 Å². The van der Waals surface area contributed by atoms with Crippen LogP contribution in [0.15, 0.2) is 0 Å². The van der Waals surface area contributed by atoms with E-state index in [0.717, 1.165) is 5.92 Å². The molecule has 2 fully saturated rings. The highest BCUT2D eigenvalue weighted by molar-refractivity contribution is 9.10. The van der Waals surface area contributed by atoms with Crippen LogP contribution in [-0.4, -0.2) is 8.65 Å². The molecule has 2 saturated carbocycles. The Balaban J connectivity index is 2.13. The fourth-order valence-corrected chi connectivity index (χ4v) is 7.12. The lowest BCUT2D eigenvalue weighted by Crippen LogP contribution is -2.46. The quantitative estimate of drug-likeness (QED) is 0.521. The maximum atomic E-state index is 4.16. The molecule has 0 bridgehead atoms. The van der Waals surface area contributed by atoms with Crippen LogP contribution in [0, 0.1) is 5.92 Å². The molecule has 0 unspecified atom stereocenters. The van der Waals surface area contributed by atoms with E-state index in [4.69, 9.17) is 0 Å². The van der Waals surface area contributed by atoms with Gasteiger partial charge in [-0.2, -0.15) is 0 Å². The van der Waals surface area contributed by atoms with Gasteiger partial charge in [0.15, 0.2) is 0 Å². The van der Waals surface area contributed by atoms with Gasteiger partial charge in [-0.3, -0.25) is 0 Å². The molecule has 2 aliphatic rings. The predicted molar refractivity (Wildman–Crippen MR) is 83.3 cm³/mol. The third-order valence-electron chi connectivity index (χ3n) is 5.03. The molecule has 0 nitrogen and oxygen atoms in total. The van der Waals surface area contributed by atoms with Gasteiger partial charge in [-0.05, 0) is 31.6 Å². The first-order valence-corrected chi connectivity index (χ1v) is 9.07. The van der Waals surface area contributed by atoms with Crippen LogP contribution in [0.25, 0.3) is 0 Å². The lowest BCUT2D eigenvalue weighted by Gasteiger charge is -2.49. The Kier molecular flexibility index (Phi) is 5.02. The van der Waals surface area contributed by atoms with E-state index < -0.39 is 0 Å². The first-order valence-electron chi connectivity index (χ1n) is 7.48. The Morgan fingerprint density at radius 3 is 1.41 bits per heavy atom. The zero-order chi connectivity index (χ0) is 12.4. The lowest BCUT2D eigenvalue weighted by atomic mass is 9.68. The fourth-order valence-electron chi connectivity index (χ4n) is 4.17. The maximum Gasteiger partial charge on any atom is 0.0299 e. The second-order valence-electron chi connectivity index (χ2n) is 6.15. The molecule has 0 aromatic heterocycles. The van der Waals surface area contributed by atoms with Gasteiger partial charge >= 0.3 is 0 Å². The van der Waals surface area contributed by atoms with Crippen molar-refractivity contribution in [1.29, 1.82) is 0 Å². The van der Waals surface area contributed by atoms with E-state index in [2.05, 4.69) is 38.8 Å². The average molecular weight is 366 g/mol. The molecule has 0 spiro atoms. The summed E-state index contributed by atoms with van der Waals surface area (Å²) in [7, 11) is 0. The van der Waals surface area contributed by atoms with Crippen molar-refractivity contribution >= 4 is 31.9 Å². The highest BCUT2D eigenvalue weighted by atomic mass is 79.9. The van der Waals surface area contributed by atoms with E-state index in [9.17, 15) is 0 Å². The minimum Gasteiger partial charge on any atom is -0.0850 e. The SMILES string of the molecule is CCC(C1(Br)CCCCC1)C1(Br)CCCCC1. The standard InChI is InChI=1S/C15H26Br2/c1-2-13(14(16)9-5-3-6-10-14)15(17)11-7-4-8-12-15/h13H,2-12H2,1H3. The summed E-state index contributed by atoms with van der Waals surface area (Å²) in [6.45, 7) is 2.39. The van der Waals surface area contributed by atoms with Gasteiger partial charge in [-0.15, -0.1) is 0 Å². The van der Waals surface area contributed by atoms with Crippen molar-refractivity contribution in [2.45, 2.75) is 86.2 Å². The summed E-state index contributed by atoms with van der Waals surface area (Å²) in [5, 5.41) is 0. The van der Waals surface area contributed by atoms with Gasteiger partial charge in [0.25, 0.3) is 0 Å². The van der Waals surface area contributed by atoms with Gasteiger partial charge in [0, 0.05) is 8.65 Å². The Bertz CT molecular complexity index is 213. The molecule has 0 radical (unpaired) electrons. The van der Waals surface area contributed by atoms with Crippen LogP contribution in [0.2, 0.25) is 0 Å². The molecule has 0 N–H and O–H groups in total. The average Bonchev–Trinajstić information content (AvgIpc) is 2.31. The Hall–Kier alpha value is 0.960.